The topological polar surface area (TPSA) is 67.9 Å². The Bertz CT molecular complexity index is 533. The van der Waals surface area contributed by atoms with Crippen LogP contribution in [-0.4, -0.2) is 39.1 Å². The van der Waals surface area contributed by atoms with Crippen molar-refractivity contribution < 1.29 is 19.1 Å². The summed E-state index contributed by atoms with van der Waals surface area (Å²) >= 11 is 6.04. The van der Waals surface area contributed by atoms with Crippen molar-refractivity contribution >= 4 is 29.1 Å². The Kier molecular flexibility index (Phi) is 3.80. The second-order valence-electron chi connectivity index (χ2n) is 3.92. The van der Waals surface area contributed by atoms with Crippen molar-refractivity contribution in [2.24, 2.45) is 0 Å². The molecular formula is C12H13ClN2O4. The van der Waals surface area contributed by atoms with Gasteiger partial charge in [0.15, 0.2) is 0 Å². The summed E-state index contributed by atoms with van der Waals surface area (Å²) in [7, 11) is 2.96. The van der Waals surface area contributed by atoms with E-state index < -0.39 is 0 Å². The molecular weight excluding hydrogens is 272 g/mol. The molecule has 1 N–H and O–H groups in total. The van der Waals surface area contributed by atoms with E-state index in [1.807, 2.05) is 0 Å². The van der Waals surface area contributed by atoms with Crippen LogP contribution in [0.3, 0.4) is 0 Å². The van der Waals surface area contributed by atoms with E-state index in [2.05, 4.69) is 5.32 Å². The normalized spacial score (nSPS) is 15.2. The zero-order chi connectivity index (χ0) is 14.0. The van der Waals surface area contributed by atoms with Crippen LogP contribution in [0.25, 0.3) is 0 Å². The maximum Gasteiger partial charge on any atom is 0.246 e. The van der Waals surface area contributed by atoms with E-state index in [0.717, 1.165) is 0 Å². The molecule has 0 saturated carbocycles. The molecule has 1 saturated heterocycles. The lowest BCUT2D eigenvalue weighted by Crippen LogP contribution is -2.51. The van der Waals surface area contributed by atoms with Crippen molar-refractivity contribution in [2.75, 3.05) is 32.2 Å². The van der Waals surface area contributed by atoms with Gasteiger partial charge in [0.05, 0.1) is 31.5 Å². The van der Waals surface area contributed by atoms with E-state index in [4.69, 9.17) is 21.1 Å². The summed E-state index contributed by atoms with van der Waals surface area (Å²) < 4.78 is 10.3. The highest BCUT2D eigenvalue weighted by molar-refractivity contribution is 6.32. The standard InChI is InChI=1S/C12H13ClN2O4/c1-18-9-4-10(19-2)8(3-7(9)13)15-6-11(16)14-5-12(15)17/h3-4H,5-6H2,1-2H3,(H,14,16). The van der Waals surface area contributed by atoms with Crippen molar-refractivity contribution in [2.45, 2.75) is 0 Å². The van der Waals surface area contributed by atoms with Gasteiger partial charge in [-0.05, 0) is 6.07 Å². The number of hydrogen-bond donors (Lipinski definition) is 1. The van der Waals surface area contributed by atoms with Crippen LogP contribution in [-0.2, 0) is 9.59 Å². The summed E-state index contributed by atoms with van der Waals surface area (Å²) in [6, 6.07) is 3.13. The molecule has 0 aliphatic carbocycles. The summed E-state index contributed by atoms with van der Waals surface area (Å²) in [6.45, 7) is -0.0938. The van der Waals surface area contributed by atoms with Gasteiger partial charge >= 0.3 is 0 Å². The number of ether oxygens (including phenoxy) is 2. The number of carbonyl (C=O) groups is 2. The van der Waals surface area contributed by atoms with Gasteiger partial charge in [-0.2, -0.15) is 0 Å². The molecule has 1 aliphatic rings. The van der Waals surface area contributed by atoms with E-state index in [1.165, 1.54) is 19.1 Å². The van der Waals surface area contributed by atoms with Gasteiger partial charge in [0, 0.05) is 6.07 Å². The number of nitrogens with one attached hydrogen (secondary N) is 1. The van der Waals surface area contributed by atoms with Gasteiger partial charge in [-0.25, -0.2) is 0 Å². The number of anilines is 1. The van der Waals surface area contributed by atoms with Gasteiger partial charge in [0.1, 0.15) is 18.0 Å². The second kappa shape index (κ2) is 5.36. The minimum Gasteiger partial charge on any atom is -0.495 e. The fourth-order valence-corrected chi connectivity index (χ4v) is 2.07. The number of methoxy groups -OCH3 is 2. The largest absolute Gasteiger partial charge is 0.495 e. The summed E-state index contributed by atoms with van der Waals surface area (Å²) in [5.74, 6) is 0.410. The molecule has 1 fully saturated rings. The third kappa shape index (κ3) is 2.58. The van der Waals surface area contributed by atoms with E-state index in [1.54, 1.807) is 12.1 Å². The molecule has 0 atom stereocenters. The molecule has 6 nitrogen and oxygen atoms in total. The van der Waals surface area contributed by atoms with Crippen LogP contribution in [0.5, 0.6) is 11.5 Å². The predicted molar refractivity (Wildman–Crippen MR) is 69.9 cm³/mol. The fraction of sp³-hybridized carbons (Fsp3) is 0.333. The van der Waals surface area contributed by atoms with Gasteiger partial charge in [-0.15, -0.1) is 0 Å². The molecule has 0 unspecified atom stereocenters. The number of hydrogen-bond acceptors (Lipinski definition) is 4. The monoisotopic (exact) mass is 284 g/mol. The number of piperazine rings is 1. The molecule has 19 heavy (non-hydrogen) atoms. The maximum absolute atomic E-state index is 11.9. The van der Waals surface area contributed by atoms with Gasteiger partial charge < -0.3 is 14.8 Å². The van der Waals surface area contributed by atoms with E-state index in [-0.39, 0.29) is 24.9 Å². The summed E-state index contributed by atoms with van der Waals surface area (Å²) in [4.78, 5) is 24.6. The molecule has 1 heterocycles. The van der Waals surface area contributed by atoms with Crippen molar-refractivity contribution in [1.29, 1.82) is 0 Å². The SMILES string of the molecule is COc1cc(OC)c(N2CC(=O)NCC2=O)cc1Cl. The zero-order valence-corrected chi connectivity index (χ0v) is 11.3. The lowest BCUT2D eigenvalue weighted by molar-refractivity contribution is -0.128. The number of halogens is 1. The van der Waals surface area contributed by atoms with Crippen LogP contribution in [0.4, 0.5) is 5.69 Å². The average Bonchev–Trinajstić information content (AvgIpc) is 2.41. The van der Waals surface area contributed by atoms with Crippen molar-refractivity contribution in [3.05, 3.63) is 17.2 Å². The summed E-state index contributed by atoms with van der Waals surface area (Å²) in [5.41, 5.74) is 0.452. The number of carbonyl (C=O) groups excluding carboxylic acids is 2. The molecule has 2 amide bonds. The minimum atomic E-state index is -0.228. The van der Waals surface area contributed by atoms with E-state index in [0.29, 0.717) is 22.2 Å². The predicted octanol–water partition coefficient (Wildman–Crippen LogP) is 0.820. The lowest BCUT2D eigenvalue weighted by atomic mass is 10.2. The molecule has 0 radical (unpaired) electrons. The zero-order valence-electron chi connectivity index (χ0n) is 10.5. The van der Waals surface area contributed by atoms with E-state index >= 15 is 0 Å². The van der Waals surface area contributed by atoms with Crippen molar-refractivity contribution in [1.82, 2.24) is 5.32 Å². The molecule has 0 bridgehead atoms. The fourth-order valence-electron chi connectivity index (χ4n) is 1.83. The van der Waals surface area contributed by atoms with Gasteiger partial charge in [-0.3, -0.25) is 14.5 Å². The minimum absolute atomic E-state index is 0.0361. The van der Waals surface area contributed by atoms with Crippen LogP contribution >= 0.6 is 11.6 Å². The van der Waals surface area contributed by atoms with E-state index in [9.17, 15) is 9.59 Å². The third-order valence-corrected chi connectivity index (χ3v) is 3.08. The molecule has 0 aromatic heterocycles. The van der Waals surface area contributed by atoms with Gasteiger partial charge in [-0.1, -0.05) is 11.6 Å². The number of amides is 2. The Morgan fingerprint density at radius 2 is 1.89 bits per heavy atom. The summed E-state index contributed by atoms with van der Waals surface area (Å²) in [6.07, 6.45) is 0. The summed E-state index contributed by atoms with van der Waals surface area (Å²) in [5, 5.41) is 2.82. The first-order valence-electron chi connectivity index (χ1n) is 5.55. The van der Waals surface area contributed by atoms with Crippen LogP contribution in [0.1, 0.15) is 0 Å². The first kappa shape index (κ1) is 13.5. The average molecular weight is 285 g/mol. The number of rotatable bonds is 3. The third-order valence-electron chi connectivity index (χ3n) is 2.78. The quantitative estimate of drug-likeness (QED) is 0.892. The Morgan fingerprint density at radius 1 is 1.21 bits per heavy atom. The second-order valence-corrected chi connectivity index (χ2v) is 4.32. The van der Waals surface area contributed by atoms with Crippen molar-refractivity contribution in [3.8, 4) is 11.5 Å². The van der Waals surface area contributed by atoms with Crippen LogP contribution in [0.15, 0.2) is 12.1 Å². The highest BCUT2D eigenvalue weighted by Gasteiger charge is 2.27. The molecule has 7 heteroatoms. The first-order chi connectivity index (χ1) is 9.06. The number of nitrogens with zero attached hydrogens (tertiary/aromatic N) is 1. The molecule has 1 aromatic carbocycles. The number of benzene rings is 1. The molecule has 102 valence electrons. The maximum atomic E-state index is 11.9. The van der Waals surface area contributed by atoms with Gasteiger partial charge in [0.2, 0.25) is 11.8 Å². The Morgan fingerprint density at radius 3 is 2.53 bits per heavy atom. The van der Waals surface area contributed by atoms with Crippen LogP contribution in [0.2, 0.25) is 5.02 Å². The molecule has 1 aromatic rings. The van der Waals surface area contributed by atoms with Crippen LogP contribution in [0, 0.1) is 0 Å². The van der Waals surface area contributed by atoms with Gasteiger partial charge in [0.25, 0.3) is 0 Å². The molecule has 2 rings (SSSR count). The Balaban J connectivity index is 2.45. The smallest absolute Gasteiger partial charge is 0.246 e. The molecule has 1 aliphatic heterocycles. The Labute approximate surface area is 115 Å². The highest BCUT2D eigenvalue weighted by atomic mass is 35.5. The van der Waals surface area contributed by atoms with Crippen molar-refractivity contribution in [3.63, 3.8) is 0 Å². The molecule has 0 spiro atoms. The first-order valence-corrected chi connectivity index (χ1v) is 5.93. The lowest BCUT2D eigenvalue weighted by Gasteiger charge is -2.28. The Hall–Kier alpha value is -1.95. The van der Waals surface area contributed by atoms with Crippen LogP contribution < -0.4 is 19.7 Å². The highest BCUT2D eigenvalue weighted by Crippen LogP contribution is 2.38.